The van der Waals surface area contributed by atoms with Crippen molar-refractivity contribution in [1.29, 1.82) is 0 Å². The highest BCUT2D eigenvalue weighted by molar-refractivity contribution is 7.15. The molecule has 6 nitrogen and oxygen atoms in total. The lowest BCUT2D eigenvalue weighted by Crippen LogP contribution is -1.99. The number of carboxylic acid groups (broad SMARTS) is 1. The van der Waals surface area contributed by atoms with Crippen LogP contribution in [0.2, 0.25) is 5.02 Å². The number of fused-ring (bicyclic) bond motifs is 1. The molecular formula is C22H18ClN3O3S. The largest absolute Gasteiger partial charge is 0.494 e. The minimum Gasteiger partial charge on any atom is -0.494 e. The van der Waals surface area contributed by atoms with Crippen LogP contribution < -0.4 is 10.1 Å². The third kappa shape index (κ3) is 3.81. The Kier molecular flexibility index (Phi) is 5.57. The van der Waals surface area contributed by atoms with Crippen LogP contribution in [0, 0.1) is 0 Å². The van der Waals surface area contributed by atoms with E-state index in [0.29, 0.717) is 22.2 Å². The molecule has 0 unspecified atom stereocenters. The van der Waals surface area contributed by atoms with Crippen LogP contribution in [0.25, 0.3) is 32.5 Å². The molecule has 2 aromatic carbocycles. The molecule has 0 amide bonds. The monoisotopic (exact) mass is 439 g/mol. The molecule has 2 heterocycles. The number of ether oxygens (including phenoxy) is 1. The molecule has 0 aliphatic carbocycles. The van der Waals surface area contributed by atoms with Gasteiger partial charge in [0.2, 0.25) is 5.95 Å². The lowest BCUT2D eigenvalue weighted by Gasteiger charge is -2.15. The van der Waals surface area contributed by atoms with Gasteiger partial charge in [0.1, 0.15) is 5.52 Å². The predicted molar refractivity (Wildman–Crippen MR) is 121 cm³/mol. The summed E-state index contributed by atoms with van der Waals surface area (Å²) in [5.74, 6) is 0.228. The van der Waals surface area contributed by atoms with Gasteiger partial charge >= 0.3 is 5.97 Å². The summed E-state index contributed by atoms with van der Waals surface area (Å²) in [6, 6.07) is 13.4. The number of benzene rings is 2. The van der Waals surface area contributed by atoms with Gasteiger partial charge in [-0.3, -0.25) is 4.79 Å². The van der Waals surface area contributed by atoms with E-state index in [1.54, 1.807) is 20.4 Å². The Morgan fingerprint density at radius 1 is 1.23 bits per heavy atom. The highest BCUT2D eigenvalue weighted by atomic mass is 35.5. The third-order valence-electron chi connectivity index (χ3n) is 4.64. The number of anilines is 1. The van der Waals surface area contributed by atoms with Crippen molar-refractivity contribution >= 4 is 45.8 Å². The maximum atomic E-state index is 11.1. The van der Waals surface area contributed by atoms with E-state index in [2.05, 4.69) is 15.3 Å². The first-order valence-corrected chi connectivity index (χ1v) is 10.3. The zero-order valence-electron chi connectivity index (χ0n) is 16.3. The van der Waals surface area contributed by atoms with E-state index in [9.17, 15) is 4.79 Å². The van der Waals surface area contributed by atoms with E-state index >= 15 is 0 Å². The van der Waals surface area contributed by atoms with E-state index in [4.69, 9.17) is 21.4 Å². The average molecular weight is 440 g/mol. The molecule has 0 atom stereocenters. The summed E-state index contributed by atoms with van der Waals surface area (Å²) >= 11 is 7.66. The summed E-state index contributed by atoms with van der Waals surface area (Å²) in [5, 5.41) is 13.5. The minimum absolute atomic E-state index is 0.0201. The number of nitrogens with zero attached hydrogens (tertiary/aromatic N) is 2. The van der Waals surface area contributed by atoms with Crippen LogP contribution in [0.3, 0.4) is 0 Å². The van der Waals surface area contributed by atoms with Crippen LogP contribution in [-0.2, 0) is 11.2 Å². The lowest BCUT2D eigenvalue weighted by atomic mass is 9.97. The van der Waals surface area contributed by atoms with Gasteiger partial charge < -0.3 is 15.2 Å². The van der Waals surface area contributed by atoms with Crippen LogP contribution in [0.5, 0.6) is 5.75 Å². The number of aliphatic carboxylic acids is 1. The SMILES string of the molecule is CNc1ncc2c(-c3cccc(Cl)c3)cc(-c3ccc(CC(=O)O)s3)c(OC)c2n1. The number of aromatic nitrogens is 2. The molecule has 0 bridgehead atoms. The van der Waals surface area contributed by atoms with Gasteiger partial charge in [-0.1, -0.05) is 23.7 Å². The molecular weight excluding hydrogens is 422 g/mol. The van der Waals surface area contributed by atoms with Crippen molar-refractivity contribution in [3.05, 3.63) is 58.6 Å². The zero-order valence-corrected chi connectivity index (χ0v) is 17.8. The summed E-state index contributed by atoms with van der Waals surface area (Å²) in [6.45, 7) is 0. The smallest absolute Gasteiger partial charge is 0.308 e. The quantitative estimate of drug-likeness (QED) is 0.421. The van der Waals surface area contributed by atoms with Gasteiger partial charge in [0.15, 0.2) is 5.75 Å². The van der Waals surface area contributed by atoms with Crippen LogP contribution in [0.1, 0.15) is 4.88 Å². The topological polar surface area (TPSA) is 84.3 Å². The van der Waals surface area contributed by atoms with Crippen molar-refractivity contribution in [3.8, 4) is 27.3 Å². The van der Waals surface area contributed by atoms with Crippen molar-refractivity contribution in [3.63, 3.8) is 0 Å². The first-order chi connectivity index (χ1) is 14.5. The Balaban J connectivity index is 2.01. The molecule has 152 valence electrons. The highest BCUT2D eigenvalue weighted by Crippen LogP contribution is 2.44. The second-order valence-electron chi connectivity index (χ2n) is 6.56. The zero-order chi connectivity index (χ0) is 21.3. The van der Waals surface area contributed by atoms with Crippen LogP contribution >= 0.6 is 22.9 Å². The van der Waals surface area contributed by atoms with Crippen molar-refractivity contribution < 1.29 is 14.6 Å². The van der Waals surface area contributed by atoms with Gasteiger partial charge in [-0.2, -0.15) is 0 Å². The number of methoxy groups -OCH3 is 1. The maximum absolute atomic E-state index is 11.1. The fraction of sp³-hybridized carbons (Fsp3) is 0.136. The third-order valence-corrected chi connectivity index (χ3v) is 6.00. The number of thiophene rings is 1. The average Bonchev–Trinajstić information content (AvgIpc) is 3.19. The van der Waals surface area contributed by atoms with E-state index in [0.717, 1.165) is 31.8 Å². The molecule has 4 aromatic rings. The molecule has 4 rings (SSSR count). The summed E-state index contributed by atoms with van der Waals surface area (Å²) < 4.78 is 5.76. The van der Waals surface area contributed by atoms with E-state index in [1.165, 1.54) is 11.3 Å². The molecule has 8 heteroatoms. The molecule has 0 saturated carbocycles. The second kappa shape index (κ2) is 8.30. The maximum Gasteiger partial charge on any atom is 0.308 e. The first-order valence-electron chi connectivity index (χ1n) is 9.12. The molecule has 2 N–H and O–H groups in total. The van der Waals surface area contributed by atoms with Gasteiger partial charge in [0, 0.05) is 39.0 Å². The molecule has 30 heavy (non-hydrogen) atoms. The van der Waals surface area contributed by atoms with Crippen LogP contribution in [0.4, 0.5) is 5.95 Å². The number of nitrogens with one attached hydrogen (secondary N) is 1. The van der Waals surface area contributed by atoms with Crippen LogP contribution in [-0.4, -0.2) is 35.2 Å². The van der Waals surface area contributed by atoms with Crippen LogP contribution in [0.15, 0.2) is 48.7 Å². The van der Waals surface area contributed by atoms with Gasteiger partial charge in [0.05, 0.1) is 13.5 Å². The van der Waals surface area contributed by atoms with Crippen molar-refractivity contribution in [2.75, 3.05) is 19.5 Å². The van der Waals surface area contributed by atoms with Gasteiger partial charge in [-0.15, -0.1) is 11.3 Å². The van der Waals surface area contributed by atoms with E-state index < -0.39 is 5.97 Å². The Morgan fingerprint density at radius 3 is 2.77 bits per heavy atom. The standard InChI is InChI=1S/C22H18ClN3O3S/c1-24-22-25-11-17-15(12-4-3-5-13(23)8-12)10-16(21(29-2)20(17)26-22)18-7-6-14(30-18)9-19(27)28/h3-8,10-11H,9H2,1-2H3,(H,27,28)(H,24,25,26). The summed E-state index contributed by atoms with van der Waals surface area (Å²) in [6.07, 6.45) is 1.74. The second-order valence-corrected chi connectivity index (χ2v) is 8.16. The first kappa shape index (κ1) is 20.1. The fourth-order valence-electron chi connectivity index (χ4n) is 3.34. The number of hydrogen-bond acceptors (Lipinski definition) is 6. The Hall–Kier alpha value is -3.16. The van der Waals surface area contributed by atoms with Crippen molar-refractivity contribution in [2.45, 2.75) is 6.42 Å². The minimum atomic E-state index is -0.861. The van der Waals surface area contributed by atoms with Crippen molar-refractivity contribution in [2.24, 2.45) is 0 Å². The number of carbonyl (C=O) groups is 1. The molecule has 2 aromatic heterocycles. The highest BCUT2D eigenvalue weighted by Gasteiger charge is 2.19. The predicted octanol–water partition coefficient (Wildman–Crippen LogP) is 5.36. The number of carboxylic acids is 1. The fourth-order valence-corrected chi connectivity index (χ4v) is 4.54. The molecule has 0 aliphatic rings. The Bertz CT molecular complexity index is 1260. The number of rotatable bonds is 6. The molecule has 0 spiro atoms. The van der Waals surface area contributed by atoms with E-state index in [1.807, 2.05) is 42.5 Å². The molecule has 0 radical (unpaired) electrons. The van der Waals surface area contributed by atoms with E-state index in [-0.39, 0.29) is 6.42 Å². The Morgan fingerprint density at radius 2 is 2.07 bits per heavy atom. The molecule has 0 aliphatic heterocycles. The lowest BCUT2D eigenvalue weighted by molar-refractivity contribution is -0.136. The van der Waals surface area contributed by atoms with Gasteiger partial charge in [0.25, 0.3) is 0 Å². The van der Waals surface area contributed by atoms with Gasteiger partial charge in [-0.05, 0) is 41.5 Å². The number of hydrogen-bond donors (Lipinski definition) is 2. The molecule has 0 fully saturated rings. The molecule has 0 saturated heterocycles. The Labute approximate surface area is 182 Å². The summed E-state index contributed by atoms with van der Waals surface area (Å²) in [4.78, 5) is 21.8. The summed E-state index contributed by atoms with van der Waals surface area (Å²) in [7, 11) is 3.36. The van der Waals surface area contributed by atoms with Crippen molar-refractivity contribution in [1.82, 2.24) is 9.97 Å². The summed E-state index contributed by atoms with van der Waals surface area (Å²) in [5.41, 5.74) is 3.35. The number of halogens is 1. The normalized spacial score (nSPS) is 10.9. The van der Waals surface area contributed by atoms with Gasteiger partial charge in [-0.25, -0.2) is 9.97 Å².